The molecule has 1 fully saturated rings. The molecule has 2 rings (SSSR count). The normalized spacial score (nSPS) is 19.8. The monoisotopic (exact) mass is 256 g/mol. The van der Waals surface area contributed by atoms with Crippen LogP contribution in [0.5, 0.6) is 0 Å². The lowest BCUT2D eigenvalue weighted by atomic mass is 9.62. The van der Waals surface area contributed by atoms with Gasteiger partial charge in [-0.3, -0.25) is 0 Å². The minimum atomic E-state index is -0.374. The lowest BCUT2D eigenvalue weighted by Gasteiger charge is -2.47. The average Bonchev–Trinajstić information content (AvgIpc) is 2.27. The Morgan fingerprint density at radius 1 is 1.53 bits per heavy atom. The van der Waals surface area contributed by atoms with E-state index in [1.54, 1.807) is 12.1 Å². The van der Waals surface area contributed by atoms with Crippen molar-refractivity contribution in [2.24, 2.45) is 11.1 Å². The Hall–Kier alpha value is -0.640. The molecule has 1 aromatic rings. The Morgan fingerprint density at radius 3 is 2.65 bits per heavy atom. The minimum absolute atomic E-state index is 0.107. The molecule has 0 radical (unpaired) electrons. The molecule has 4 heteroatoms. The van der Waals surface area contributed by atoms with Crippen LogP contribution >= 0.6 is 11.6 Å². The van der Waals surface area contributed by atoms with Crippen molar-refractivity contribution in [2.45, 2.75) is 25.3 Å². The maximum atomic E-state index is 13.2. The first kappa shape index (κ1) is 12.8. The highest BCUT2D eigenvalue weighted by atomic mass is 35.5. The fourth-order valence-corrected chi connectivity index (χ4v) is 2.95. The molecule has 0 aliphatic heterocycles. The molecule has 3 N–H and O–H groups in total. The number of hydrogen-bond acceptors (Lipinski definition) is 2. The van der Waals surface area contributed by atoms with Gasteiger partial charge < -0.3 is 11.1 Å². The molecular formula is C13H18ClFN2. The third kappa shape index (κ3) is 2.19. The van der Waals surface area contributed by atoms with Crippen LogP contribution in [0.4, 0.5) is 4.39 Å². The van der Waals surface area contributed by atoms with Crippen LogP contribution in [0.1, 0.15) is 30.9 Å². The Bertz CT molecular complexity index is 399. The van der Waals surface area contributed by atoms with Gasteiger partial charge in [0.25, 0.3) is 0 Å². The standard InChI is InChI=1S/C13H18ClFN2/c1-17-12(13(8-16)5-2-6-13)9-3-4-11(15)10(14)7-9/h3-4,7,12,17H,2,5-6,8,16H2,1H3. The smallest absolute Gasteiger partial charge is 0.141 e. The Morgan fingerprint density at radius 2 is 2.24 bits per heavy atom. The Balaban J connectivity index is 2.31. The molecule has 0 bridgehead atoms. The zero-order valence-electron chi connectivity index (χ0n) is 9.97. The molecule has 2 nitrogen and oxygen atoms in total. The van der Waals surface area contributed by atoms with Gasteiger partial charge >= 0.3 is 0 Å². The van der Waals surface area contributed by atoms with E-state index in [0.717, 1.165) is 18.4 Å². The summed E-state index contributed by atoms with van der Waals surface area (Å²) in [6.07, 6.45) is 3.44. The molecular weight excluding hydrogens is 239 g/mol. The van der Waals surface area contributed by atoms with Gasteiger partial charge in [-0.1, -0.05) is 24.1 Å². The van der Waals surface area contributed by atoms with Gasteiger partial charge in [0, 0.05) is 11.5 Å². The fourth-order valence-electron chi connectivity index (χ4n) is 2.76. The maximum absolute atomic E-state index is 13.2. The average molecular weight is 257 g/mol. The van der Waals surface area contributed by atoms with E-state index in [1.807, 2.05) is 7.05 Å². The molecule has 1 unspecified atom stereocenters. The van der Waals surface area contributed by atoms with Crippen molar-refractivity contribution in [1.82, 2.24) is 5.32 Å². The first-order valence-electron chi connectivity index (χ1n) is 5.95. The molecule has 0 heterocycles. The number of nitrogens with one attached hydrogen (secondary N) is 1. The molecule has 0 saturated heterocycles. The highest BCUT2D eigenvalue weighted by Crippen LogP contribution is 2.49. The van der Waals surface area contributed by atoms with Gasteiger partial charge in [0.05, 0.1) is 5.02 Å². The van der Waals surface area contributed by atoms with Crippen LogP contribution in [0, 0.1) is 11.2 Å². The molecule has 1 aliphatic carbocycles. The fraction of sp³-hybridized carbons (Fsp3) is 0.538. The molecule has 94 valence electrons. The lowest BCUT2D eigenvalue weighted by molar-refractivity contribution is 0.0879. The van der Waals surface area contributed by atoms with Crippen LogP contribution in [-0.4, -0.2) is 13.6 Å². The quantitative estimate of drug-likeness (QED) is 0.869. The van der Waals surface area contributed by atoms with Gasteiger partial charge in [-0.15, -0.1) is 0 Å². The number of halogens is 2. The molecule has 1 aliphatic rings. The van der Waals surface area contributed by atoms with E-state index in [1.165, 1.54) is 12.5 Å². The predicted octanol–water partition coefficient (Wildman–Crippen LogP) is 2.87. The molecule has 1 atom stereocenters. The molecule has 0 aromatic heterocycles. The summed E-state index contributed by atoms with van der Waals surface area (Å²) < 4.78 is 13.2. The van der Waals surface area contributed by atoms with Crippen molar-refractivity contribution in [3.63, 3.8) is 0 Å². The molecule has 0 spiro atoms. The molecule has 0 amide bonds. The van der Waals surface area contributed by atoms with E-state index in [4.69, 9.17) is 17.3 Å². The summed E-state index contributed by atoms with van der Waals surface area (Å²) >= 11 is 5.84. The van der Waals surface area contributed by atoms with Gasteiger partial charge in [-0.2, -0.15) is 0 Å². The second kappa shape index (κ2) is 4.92. The van der Waals surface area contributed by atoms with Gasteiger partial charge in [0.2, 0.25) is 0 Å². The summed E-state index contributed by atoms with van der Waals surface area (Å²) in [5.41, 5.74) is 7.03. The van der Waals surface area contributed by atoms with Crippen molar-refractivity contribution in [3.8, 4) is 0 Å². The molecule has 1 saturated carbocycles. The first-order valence-corrected chi connectivity index (χ1v) is 6.33. The molecule has 1 aromatic carbocycles. The maximum Gasteiger partial charge on any atom is 0.141 e. The van der Waals surface area contributed by atoms with E-state index in [9.17, 15) is 4.39 Å². The highest BCUT2D eigenvalue weighted by Gasteiger charge is 2.43. The number of rotatable bonds is 4. The number of benzene rings is 1. The zero-order chi connectivity index (χ0) is 12.5. The molecule has 17 heavy (non-hydrogen) atoms. The van der Waals surface area contributed by atoms with Crippen LogP contribution in [0.2, 0.25) is 5.02 Å². The Labute approximate surface area is 106 Å². The van der Waals surface area contributed by atoms with Gasteiger partial charge in [0.15, 0.2) is 0 Å². The number of hydrogen-bond donors (Lipinski definition) is 2. The SMILES string of the molecule is CNC(c1ccc(F)c(Cl)c1)C1(CN)CCC1. The van der Waals surface area contributed by atoms with E-state index in [-0.39, 0.29) is 22.3 Å². The van der Waals surface area contributed by atoms with Crippen LogP contribution in [0.3, 0.4) is 0 Å². The third-order valence-electron chi connectivity index (χ3n) is 3.93. The zero-order valence-corrected chi connectivity index (χ0v) is 10.7. The van der Waals surface area contributed by atoms with Crippen molar-refractivity contribution >= 4 is 11.6 Å². The minimum Gasteiger partial charge on any atom is -0.330 e. The predicted molar refractivity (Wildman–Crippen MR) is 68.5 cm³/mol. The Kier molecular flexibility index (Phi) is 3.71. The largest absolute Gasteiger partial charge is 0.330 e. The van der Waals surface area contributed by atoms with Gasteiger partial charge in [-0.25, -0.2) is 4.39 Å². The first-order chi connectivity index (χ1) is 8.13. The van der Waals surface area contributed by atoms with Crippen LogP contribution < -0.4 is 11.1 Å². The van der Waals surface area contributed by atoms with Crippen molar-refractivity contribution < 1.29 is 4.39 Å². The highest BCUT2D eigenvalue weighted by molar-refractivity contribution is 6.30. The second-order valence-corrected chi connectivity index (χ2v) is 5.22. The summed E-state index contributed by atoms with van der Waals surface area (Å²) in [6, 6.07) is 5.07. The van der Waals surface area contributed by atoms with Crippen molar-refractivity contribution in [1.29, 1.82) is 0 Å². The van der Waals surface area contributed by atoms with Crippen LogP contribution in [-0.2, 0) is 0 Å². The summed E-state index contributed by atoms with van der Waals surface area (Å²) in [5, 5.41) is 3.47. The van der Waals surface area contributed by atoms with E-state index < -0.39 is 0 Å². The summed E-state index contributed by atoms with van der Waals surface area (Å²) in [7, 11) is 1.91. The lowest BCUT2D eigenvalue weighted by Crippen LogP contribution is -2.47. The van der Waals surface area contributed by atoms with Crippen LogP contribution in [0.15, 0.2) is 18.2 Å². The third-order valence-corrected chi connectivity index (χ3v) is 4.22. The number of nitrogens with two attached hydrogens (primary N) is 1. The summed E-state index contributed by atoms with van der Waals surface area (Å²) in [6.45, 7) is 0.646. The second-order valence-electron chi connectivity index (χ2n) is 4.82. The van der Waals surface area contributed by atoms with Crippen LogP contribution in [0.25, 0.3) is 0 Å². The van der Waals surface area contributed by atoms with Crippen molar-refractivity contribution in [3.05, 3.63) is 34.6 Å². The van der Waals surface area contributed by atoms with E-state index in [2.05, 4.69) is 5.32 Å². The summed E-state index contributed by atoms with van der Waals surface area (Å²) in [4.78, 5) is 0. The van der Waals surface area contributed by atoms with Gasteiger partial charge in [0.1, 0.15) is 5.82 Å². The van der Waals surface area contributed by atoms with Gasteiger partial charge in [-0.05, 0) is 44.1 Å². The van der Waals surface area contributed by atoms with E-state index in [0.29, 0.717) is 6.54 Å². The van der Waals surface area contributed by atoms with E-state index >= 15 is 0 Å². The van der Waals surface area contributed by atoms with Crippen molar-refractivity contribution in [2.75, 3.05) is 13.6 Å². The summed E-state index contributed by atoms with van der Waals surface area (Å²) in [5.74, 6) is -0.374. The topological polar surface area (TPSA) is 38.0 Å².